The van der Waals surface area contributed by atoms with Crippen molar-refractivity contribution in [2.45, 2.75) is 89.9 Å². The van der Waals surface area contributed by atoms with Gasteiger partial charge in [-0.1, -0.05) is 11.6 Å². The molecule has 1 saturated heterocycles. The largest absolute Gasteiger partial charge is 0.465 e. The van der Waals surface area contributed by atoms with E-state index in [0.29, 0.717) is 10.6 Å². The third kappa shape index (κ3) is 4.84. The van der Waals surface area contributed by atoms with Crippen LogP contribution in [-0.4, -0.2) is 48.8 Å². The molecule has 168 valence electrons. The van der Waals surface area contributed by atoms with Crippen LogP contribution < -0.4 is 5.32 Å². The van der Waals surface area contributed by atoms with Crippen LogP contribution in [0.5, 0.6) is 0 Å². The fourth-order valence-corrected chi connectivity index (χ4v) is 4.69. The number of nitrogens with one attached hydrogen (secondary N) is 1. The number of rotatable bonds is 3. The zero-order chi connectivity index (χ0) is 22.3. The van der Waals surface area contributed by atoms with Crippen molar-refractivity contribution in [2.24, 2.45) is 5.92 Å². The first-order valence-corrected chi connectivity index (χ1v) is 10.8. The molecule has 0 bridgehead atoms. The monoisotopic (exact) mass is 441 g/mol. The van der Waals surface area contributed by atoms with Crippen molar-refractivity contribution < 1.29 is 28.5 Å². The standard InChI is InChI=1S/C22H32ClNO6/c1-12-15(19(25)27-6)11-16(23)18-17(12)28-22(5,29-18)13-7-9-14(10-8-13)24-20(26)30-21(2,3)4/h11,13-14,17-18H,7-10H2,1-6H3,(H,24,26)/t13-,14-,17?,18?,22-/m0/s1. The van der Waals surface area contributed by atoms with Crippen molar-refractivity contribution in [2.75, 3.05) is 7.11 Å². The molecule has 0 aromatic heterocycles. The molecule has 3 atom stereocenters. The van der Waals surface area contributed by atoms with E-state index in [1.165, 1.54) is 7.11 Å². The Labute approximate surface area is 183 Å². The van der Waals surface area contributed by atoms with Gasteiger partial charge in [0.05, 0.1) is 17.7 Å². The summed E-state index contributed by atoms with van der Waals surface area (Å²) in [4.78, 5) is 24.1. The highest BCUT2D eigenvalue weighted by atomic mass is 35.5. The second-order valence-corrected chi connectivity index (χ2v) is 9.84. The molecule has 0 aromatic rings. The quantitative estimate of drug-likeness (QED) is 0.661. The second-order valence-electron chi connectivity index (χ2n) is 9.41. The van der Waals surface area contributed by atoms with Crippen LogP contribution in [0.15, 0.2) is 22.3 Å². The maximum Gasteiger partial charge on any atom is 0.407 e. The average molecular weight is 442 g/mol. The zero-order valence-corrected chi connectivity index (χ0v) is 19.3. The molecule has 2 aliphatic carbocycles. The first-order chi connectivity index (χ1) is 13.9. The number of esters is 1. The molecule has 1 amide bonds. The summed E-state index contributed by atoms with van der Waals surface area (Å²) in [6.45, 7) is 9.33. The smallest absolute Gasteiger partial charge is 0.407 e. The van der Waals surface area contributed by atoms with E-state index in [4.69, 9.17) is 30.5 Å². The molecule has 3 aliphatic rings. The molecule has 1 saturated carbocycles. The minimum Gasteiger partial charge on any atom is -0.465 e. The zero-order valence-electron chi connectivity index (χ0n) is 18.5. The normalized spacial score (nSPS) is 34.2. The second kappa shape index (κ2) is 8.52. The van der Waals surface area contributed by atoms with E-state index in [2.05, 4.69) is 5.32 Å². The molecule has 1 heterocycles. The number of carbonyl (C=O) groups is 2. The van der Waals surface area contributed by atoms with Gasteiger partial charge in [-0.15, -0.1) is 0 Å². The number of amides is 1. The van der Waals surface area contributed by atoms with E-state index in [9.17, 15) is 9.59 Å². The number of carbonyl (C=O) groups excluding carboxylic acids is 2. The van der Waals surface area contributed by atoms with Crippen LogP contribution in [-0.2, 0) is 23.7 Å². The van der Waals surface area contributed by atoms with E-state index >= 15 is 0 Å². The van der Waals surface area contributed by atoms with Crippen molar-refractivity contribution >= 4 is 23.7 Å². The minimum atomic E-state index is -0.812. The Morgan fingerprint density at radius 2 is 1.77 bits per heavy atom. The van der Waals surface area contributed by atoms with Gasteiger partial charge >= 0.3 is 12.1 Å². The van der Waals surface area contributed by atoms with E-state index in [1.54, 1.807) is 6.08 Å². The van der Waals surface area contributed by atoms with E-state index in [-0.39, 0.29) is 18.1 Å². The number of halogens is 1. The molecule has 3 rings (SSSR count). The molecule has 1 aliphatic heterocycles. The van der Waals surface area contributed by atoms with Gasteiger partial charge in [-0.2, -0.15) is 0 Å². The van der Waals surface area contributed by atoms with Gasteiger partial charge in [-0.25, -0.2) is 9.59 Å². The van der Waals surface area contributed by atoms with Gasteiger partial charge in [-0.3, -0.25) is 0 Å². The minimum absolute atomic E-state index is 0.0689. The van der Waals surface area contributed by atoms with Gasteiger partial charge in [0.15, 0.2) is 5.79 Å². The molecule has 30 heavy (non-hydrogen) atoms. The Hall–Kier alpha value is -1.57. The van der Waals surface area contributed by atoms with Crippen molar-refractivity contribution in [3.8, 4) is 0 Å². The lowest BCUT2D eigenvalue weighted by molar-refractivity contribution is -0.200. The molecular formula is C22H32ClNO6. The van der Waals surface area contributed by atoms with Crippen LogP contribution in [0.3, 0.4) is 0 Å². The summed E-state index contributed by atoms with van der Waals surface area (Å²) < 4.78 is 22.9. The third-order valence-corrected chi connectivity index (χ3v) is 6.32. The first kappa shape index (κ1) is 23.1. The maximum absolute atomic E-state index is 12.1. The Balaban J connectivity index is 1.62. The van der Waals surface area contributed by atoms with E-state index < -0.39 is 29.6 Å². The summed E-state index contributed by atoms with van der Waals surface area (Å²) in [5.41, 5.74) is 0.666. The summed E-state index contributed by atoms with van der Waals surface area (Å²) in [7, 11) is 1.34. The first-order valence-electron chi connectivity index (χ1n) is 10.4. The molecule has 0 aromatic carbocycles. The van der Waals surface area contributed by atoms with Crippen molar-refractivity contribution in [1.82, 2.24) is 5.32 Å². The predicted molar refractivity (Wildman–Crippen MR) is 112 cm³/mol. The maximum atomic E-state index is 12.1. The number of hydrogen-bond acceptors (Lipinski definition) is 6. The fraction of sp³-hybridized carbons (Fsp3) is 0.727. The van der Waals surface area contributed by atoms with Crippen molar-refractivity contribution in [3.05, 3.63) is 22.3 Å². The molecule has 0 radical (unpaired) electrons. The molecule has 0 spiro atoms. The number of hydrogen-bond donors (Lipinski definition) is 1. The average Bonchev–Trinajstić information content (AvgIpc) is 3.03. The molecular weight excluding hydrogens is 410 g/mol. The van der Waals surface area contributed by atoms with Crippen molar-refractivity contribution in [1.29, 1.82) is 0 Å². The van der Waals surface area contributed by atoms with Gasteiger partial charge in [0.1, 0.15) is 17.8 Å². The Morgan fingerprint density at radius 3 is 2.33 bits per heavy atom. The van der Waals surface area contributed by atoms with Gasteiger partial charge < -0.3 is 24.3 Å². The summed E-state index contributed by atoms with van der Waals surface area (Å²) in [5.74, 6) is -1.10. The summed E-state index contributed by atoms with van der Waals surface area (Å²) in [6.07, 6.45) is 3.68. The van der Waals surface area contributed by atoms with Gasteiger partial charge in [0.2, 0.25) is 0 Å². The summed E-state index contributed by atoms with van der Waals surface area (Å²) in [6, 6.07) is 0.0689. The Kier molecular flexibility index (Phi) is 6.56. The predicted octanol–water partition coefficient (Wildman–Crippen LogP) is 4.20. The van der Waals surface area contributed by atoms with E-state index in [1.807, 2.05) is 34.6 Å². The van der Waals surface area contributed by atoms with E-state index in [0.717, 1.165) is 31.3 Å². The number of fused-ring (bicyclic) bond motifs is 1. The van der Waals surface area contributed by atoms with Crippen LogP contribution in [0, 0.1) is 5.92 Å². The molecule has 7 nitrogen and oxygen atoms in total. The lowest BCUT2D eigenvalue weighted by atomic mass is 9.81. The van der Waals surface area contributed by atoms with Gasteiger partial charge in [0, 0.05) is 12.0 Å². The topological polar surface area (TPSA) is 83.1 Å². The van der Waals surface area contributed by atoms with Gasteiger partial charge in [0.25, 0.3) is 0 Å². The summed E-state index contributed by atoms with van der Waals surface area (Å²) >= 11 is 6.43. The van der Waals surface area contributed by atoms with Crippen LogP contribution in [0.2, 0.25) is 0 Å². The van der Waals surface area contributed by atoms with Crippen LogP contribution in [0.4, 0.5) is 4.79 Å². The van der Waals surface area contributed by atoms with Crippen molar-refractivity contribution in [3.63, 3.8) is 0 Å². The van der Waals surface area contributed by atoms with Crippen LogP contribution in [0.1, 0.15) is 60.3 Å². The molecule has 1 N–H and O–H groups in total. The highest BCUT2D eigenvalue weighted by Crippen LogP contribution is 2.47. The number of ether oxygens (including phenoxy) is 4. The highest BCUT2D eigenvalue weighted by molar-refractivity contribution is 6.31. The van der Waals surface area contributed by atoms with Crippen LogP contribution >= 0.6 is 11.6 Å². The Morgan fingerprint density at radius 1 is 1.17 bits per heavy atom. The fourth-order valence-electron chi connectivity index (χ4n) is 4.42. The number of methoxy groups -OCH3 is 1. The number of alkyl carbamates (subject to hydrolysis) is 1. The van der Waals surface area contributed by atoms with Gasteiger partial charge in [-0.05, 0) is 72.0 Å². The molecule has 2 unspecified atom stereocenters. The van der Waals surface area contributed by atoms with Crippen LogP contribution in [0.25, 0.3) is 0 Å². The lowest BCUT2D eigenvalue weighted by Crippen LogP contribution is -2.45. The molecule has 8 heteroatoms. The SMILES string of the molecule is COC(=O)C1=C(C)C2O[C@](C)([C@H]3CC[C@H](NC(=O)OC(C)(C)C)CC3)OC2C(Cl)=C1. The third-order valence-electron chi connectivity index (χ3n) is 6.00. The lowest BCUT2D eigenvalue weighted by Gasteiger charge is -2.38. The summed E-state index contributed by atoms with van der Waals surface area (Å²) in [5, 5.41) is 3.40. The highest BCUT2D eigenvalue weighted by Gasteiger charge is 2.53. The molecule has 2 fully saturated rings. The Bertz CT molecular complexity index is 762.